The summed E-state index contributed by atoms with van der Waals surface area (Å²) in [5.74, 6) is -0.207. The Balaban J connectivity index is 2.31. The van der Waals surface area contributed by atoms with Crippen LogP contribution in [0, 0.1) is 5.92 Å². The van der Waals surface area contributed by atoms with E-state index < -0.39 is 0 Å². The van der Waals surface area contributed by atoms with Crippen molar-refractivity contribution in [3.8, 4) is 0 Å². The molecule has 0 bridgehead atoms. The number of nitrogens with zero attached hydrogens (tertiary/aromatic N) is 1. The summed E-state index contributed by atoms with van der Waals surface area (Å²) < 4.78 is 9.97. The van der Waals surface area contributed by atoms with E-state index in [0.29, 0.717) is 6.04 Å². The summed E-state index contributed by atoms with van der Waals surface area (Å²) in [6.45, 7) is 4.24. The highest BCUT2D eigenvalue weighted by atomic mass is 16.5. The van der Waals surface area contributed by atoms with Crippen molar-refractivity contribution in [2.45, 2.75) is 19.4 Å². The topological polar surface area (TPSA) is 38.8 Å². The first-order chi connectivity index (χ1) is 6.65. The Hall–Kier alpha value is -0.610. The normalized spacial score (nSPS) is 23.9. The Morgan fingerprint density at radius 3 is 2.93 bits per heavy atom. The number of hydrogen-bond donors (Lipinski definition) is 0. The number of ether oxygens (including phenoxy) is 2. The highest BCUT2D eigenvalue weighted by Gasteiger charge is 2.23. The lowest BCUT2D eigenvalue weighted by atomic mass is 10.1. The van der Waals surface area contributed by atoms with E-state index in [1.165, 1.54) is 7.11 Å². The van der Waals surface area contributed by atoms with Crippen molar-refractivity contribution in [3.05, 3.63) is 0 Å². The quantitative estimate of drug-likeness (QED) is 0.621. The van der Waals surface area contributed by atoms with Gasteiger partial charge in [-0.15, -0.1) is 0 Å². The molecule has 0 N–H and O–H groups in total. The van der Waals surface area contributed by atoms with Gasteiger partial charge in [-0.3, -0.25) is 4.79 Å². The van der Waals surface area contributed by atoms with Gasteiger partial charge in [-0.05, 0) is 13.5 Å². The number of carbonyl (C=O) groups is 1. The van der Waals surface area contributed by atoms with E-state index in [1.54, 1.807) is 0 Å². The number of carbonyl (C=O) groups excluding carboxylic acids is 1. The van der Waals surface area contributed by atoms with E-state index in [1.807, 2.05) is 14.0 Å². The molecular formula is C10H19NO3. The minimum Gasteiger partial charge on any atom is -0.469 e. The standard InChI is InChI=1S/C10H19NO3/c1-8(10(12)13-3)6-11(2)9-4-5-14-7-9/h8-9H,4-7H2,1-3H3. The van der Waals surface area contributed by atoms with Crippen molar-refractivity contribution in [3.63, 3.8) is 0 Å². The van der Waals surface area contributed by atoms with Crippen LogP contribution in [0.4, 0.5) is 0 Å². The largest absolute Gasteiger partial charge is 0.469 e. The molecule has 0 saturated carbocycles. The van der Waals surface area contributed by atoms with Gasteiger partial charge in [-0.1, -0.05) is 6.92 Å². The monoisotopic (exact) mass is 201 g/mol. The van der Waals surface area contributed by atoms with Gasteiger partial charge in [0.1, 0.15) is 0 Å². The van der Waals surface area contributed by atoms with Crippen LogP contribution < -0.4 is 0 Å². The van der Waals surface area contributed by atoms with E-state index >= 15 is 0 Å². The molecule has 0 aromatic rings. The lowest BCUT2D eigenvalue weighted by Crippen LogP contribution is -2.37. The molecule has 2 atom stereocenters. The highest BCUT2D eigenvalue weighted by Crippen LogP contribution is 2.12. The molecule has 14 heavy (non-hydrogen) atoms. The molecule has 4 nitrogen and oxygen atoms in total. The van der Waals surface area contributed by atoms with Crippen LogP contribution >= 0.6 is 0 Å². The van der Waals surface area contributed by atoms with Crippen LogP contribution in [-0.2, 0) is 14.3 Å². The predicted molar refractivity (Wildman–Crippen MR) is 53.0 cm³/mol. The molecule has 4 heteroatoms. The van der Waals surface area contributed by atoms with E-state index in [4.69, 9.17) is 4.74 Å². The van der Waals surface area contributed by atoms with Crippen LogP contribution in [0.5, 0.6) is 0 Å². The first kappa shape index (κ1) is 11.5. The summed E-state index contributed by atoms with van der Waals surface area (Å²) in [5, 5.41) is 0. The molecule has 1 rings (SSSR count). The Bertz CT molecular complexity index is 190. The summed E-state index contributed by atoms with van der Waals surface area (Å²) in [6, 6.07) is 0.460. The van der Waals surface area contributed by atoms with Gasteiger partial charge >= 0.3 is 5.97 Å². The summed E-state index contributed by atoms with van der Waals surface area (Å²) in [5.41, 5.74) is 0. The average molecular weight is 201 g/mol. The molecule has 0 amide bonds. The van der Waals surface area contributed by atoms with Crippen LogP contribution in [0.2, 0.25) is 0 Å². The van der Waals surface area contributed by atoms with Crippen LogP contribution in [0.1, 0.15) is 13.3 Å². The van der Waals surface area contributed by atoms with E-state index in [9.17, 15) is 4.79 Å². The molecule has 0 aromatic carbocycles. The van der Waals surface area contributed by atoms with Crippen molar-refractivity contribution >= 4 is 5.97 Å². The van der Waals surface area contributed by atoms with Crippen molar-refractivity contribution < 1.29 is 14.3 Å². The zero-order chi connectivity index (χ0) is 10.6. The second-order valence-corrected chi connectivity index (χ2v) is 3.88. The van der Waals surface area contributed by atoms with Gasteiger partial charge in [-0.2, -0.15) is 0 Å². The molecule has 0 aliphatic carbocycles. The molecule has 1 aliphatic rings. The maximum atomic E-state index is 11.2. The van der Waals surface area contributed by atoms with Gasteiger partial charge in [0.2, 0.25) is 0 Å². The van der Waals surface area contributed by atoms with Gasteiger partial charge in [-0.25, -0.2) is 0 Å². The molecule has 1 fully saturated rings. The maximum absolute atomic E-state index is 11.2. The maximum Gasteiger partial charge on any atom is 0.309 e. The highest BCUT2D eigenvalue weighted by molar-refractivity contribution is 5.72. The number of esters is 1. The molecule has 82 valence electrons. The fourth-order valence-corrected chi connectivity index (χ4v) is 1.73. The van der Waals surface area contributed by atoms with Crippen LogP contribution in [-0.4, -0.2) is 50.8 Å². The van der Waals surface area contributed by atoms with Crippen molar-refractivity contribution in [1.82, 2.24) is 4.90 Å². The Morgan fingerprint density at radius 2 is 2.43 bits per heavy atom. The fraction of sp³-hybridized carbons (Fsp3) is 0.900. The van der Waals surface area contributed by atoms with Crippen molar-refractivity contribution in [2.75, 3.05) is 33.9 Å². The molecule has 2 unspecified atom stereocenters. The van der Waals surface area contributed by atoms with E-state index in [-0.39, 0.29) is 11.9 Å². The zero-order valence-electron chi connectivity index (χ0n) is 9.16. The molecule has 0 aromatic heterocycles. The van der Waals surface area contributed by atoms with Crippen LogP contribution in [0.25, 0.3) is 0 Å². The molecule has 1 heterocycles. The summed E-state index contributed by atoms with van der Waals surface area (Å²) in [7, 11) is 3.45. The third-order valence-electron chi connectivity index (χ3n) is 2.69. The first-order valence-corrected chi connectivity index (χ1v) is 5.01. The summed E-state index contributed by atoms with van der Waals surface area (Å²) in [6.07, 6.45) is 1.06. The van der Waals surface area contributed by atoms with Gasteiger partial charge in [0.15, 0.2) is 0 Å². The second kappa shape index (κ2) is 5.32. The number of likely N-dealkylation sites (N-methyl/N-ethyl adjacent to an activating group) is 1. The molecule has 0 radical (unpaired) electrons. The number of methoxy groups -OCH3 is 1. The average Bonchev–Trinajstić information content (AvgIpc) is 2.69. The van der Waals surface area contributed by atoms with Crippen LogP contribution in [0.15, 0.2) is 0 Å². The number of hydrogen-bond acceptors (Lipinski definition) is 4. The predicted octanol–water partition coefficient (Wildman–Crippen LogP) is 0.516. The van der Waals surface area contributed by atoms with Gasteiger partial charge < -0.3 is 14.4 Å². The molecule has 0 spiro atoms. The van der Waals surface area contributed by atoms with E-state index in [2.05, 4.69) is 9.64 Å². The van der Waals surface area contributed by atoms with Crippen molar-refractivity contribution in [1.29, 1.82) is 0 Å². The smallest absolute Gasteiger partial charge is 0.309 e. The second-order valence-electron chi connectivity index (χ2n) is 3.88. The van der Waals surface area contributed by atoms with Gasteiger partial charge in [0.05, 0.1) is 19.6 Å². The van der Waals surface area contributed by atoms with E-state index in [0.717, 1.165) is 26.2 Å². The van der Waals surface area contributed by atoms with Gasteiger partial charge in [0.25, 0.3) is 0 Å². The lowest BCUT2D eigenvalue weighted by molar-refractivity contribution is -0.145. The molecule has 1 saturated heterocycles. The first-order valence-electron chi connectivity index (χ1n) is 5.01. The molecule has 1 aliphatic heterocycles. The summed E-state index contributed by atoms with van der Waals surface area (Å²) >= 11 is 0. The Labute approximate surface area is 85.2 Å². The third kappa shape index (κ3) is 2.96. The van der Waals surface area contributed by atoms with Crippen LogP contribution in [0.3, 0.4) is 0 Å². The van der Waals surface area contributed by atoms with Gasteiger partial charge in [0, 0.05) is 19.2 Å². The Kier molecular flexibility index (Phi) is 4.35. The lowest BCUT2D eigenvalue weighted by Gasteiger charge is -2.24. The number of rotatable bonds is 4. The SMILES string of the molecule is COC(=O)C(C)CN(C)C1CCOC1. The zero-order valence-corrected chi connectivity index (χ0v) is 9.16. The Morgan fingerprint density at radius 1 is 1.71 bits per heavy atom. The minimum atomic E-state index is -0.143. The fourth-order valence-electron chi connectivity index (χ4n) is 1.73. The minimum absolute atomic E-state index is 0.0643. The summed E-state index contributed by atoms with van der Waals surface area (Å²) in [4.78, 5) is 13.4. The third-order valence-corrected chi connectivity index (χ3v) is 2.69. The molecular weight excluding hydrogens is 182 g/mol. The van der Waals surface area contributed by atoms with Crippen molar-refractivity contribution in [2.24, 2.45) is 5.92 Å².